The van der Waals surface area contributed by atoms with Crippen molar-refractivity contribution in [3.05, 3.63) is 77.6 Å². The van der Waals surface area contributed by atoms with Gasteiger partial charge in [0.15, 0.2) is 0 Å². The second kappa shape index (κ2) is 12.4. The van der Waals surface area contributed by atoms with Crippen molar-refractivity contribution < 1.29 is 14.3 Å². The third kappa shape index (κ3) is 7.11. The first-order chi connectivity index (χ1) is 17.1. The summed E-state index contributed by atoms with van der Waals surface area (Å²) in [5.41, 5.74) is 2.34. The Bertz CT molecular complexity index is 1080. The number of amides is 1. The minimum atomic E-state index is -0.142. The van der Waals surface area contributed by atoms with Crippen molar-refractivity contribution in [3.63, 3.8) is 0 Å². The number of esters is 1. The molecular weight excluding hydrogens is 460 g/mol. The number of anilines is 1. The van der Waals surface area contributed by atoms with Crippen LogP contribution in [0, 0.1) is 5.92 Å². The molecule has 0 N–H and O–H groups in total. The van der Waals surface area contributed by atoms with Crippen LogP contribution in [-0.2, 0) is 27.3 Å². The first-order valence-corrected chi connectivity index (χ1v) is 13.0. The van der Waals surface area contributed by atoms with E-state index in [-0.39, 0.29) is 17.8 Å². The van der Waals surface area contributed by atoms with Crippen molar-refractivity contribution in [1.82, 2.24) is 14.3 Å². The van der Waals surface area contributed by atoms with Gasteiger partial charge in [0.25, 0.3) is 0 Å². The van der Waals surface area contributed by atoms with Crippen LogP contribution in [0.15, 0.2) is 60.7 Å². The van der Waals surface area contributed by atoms with Crippen LogP contribution in [0.3, 0.4) is 0 Å². The van der Waals surface area contributed by atoms with E-state index in [2.05, 4.69) is 33.5 Å². The van der Waals surface area contributed by atoms with Gasteiger partial charge >= 0.3 is 5.97 Å². The number of nitrogens with zero attached hydrogens (tertiary/aromatic N) is 4. The van der Waals surface area contributed by atoms with Gasteiger partial charge in [-0.2, -0.15) is 4.37 Å². The summed E-state index contributed by atoms with van der Waals surface area (Å²) in [5, 5.41) is 0.827. The molecule has 3 aromatic rings. The average molecular weight is 493 g/mol. The lowest BCUT2D eigenvalue weighted by atomic mass is 9.97. The lowest BCUT2D eigenvalue weighted by molar-refractivity contribution is -0.151. The van der Waals surface area contributed by atoms with Gasteiger partial charge in [0, 0.05) is 50.6 Å². The Kier molecular flexibility index (Phi) is 8.84. The van der Waals surface area contributed by atoms with Crippen molar-refractivity contribution in [2.45, 2.75) is 39.2 Å². The SMILES string of the molecule is CCOC(=O)C1CCN(C(=O)CCN(Cc2ccccc2)c2nc(Cc3ccccc3)ns2)CC1. The molecule has 1 aromatic heterocycles. The van der Waals surface area contributed by atoms with Crippen LogP contribution in [0.2, 0.25) is 0 Å². The molecule has 0 atom stereocenters. The first-order valence-electron chi connectivity index (χ1n) is 12.2. The molecule has 4 rings (SSSR count). The van der Waals surface area contributed by atoms with E-state index in [0.29, 0.717) is 58.5 Å². The van der Waals surface area contributed by atoms with Crippen LogP contribution >= 0.6 is 11.5 Å². The van der Waals surface area contributed by atoms with E-state index in [0.717, 1.165) is 16.5 Å². The lowest BCUT2D eigenvalue weighted by Crippen LogP contribution is -2.41. The number of carbonyl (C=O) groups excluding carboxylic acids is 2. The highest BCUT2D eigenvalue weighted by atomic mass is 32.1. The fraction of sp³-hybridized carbons (Fsp3) is 0.407. The van der Waals surface area contributed by atoms with Gasteiger partial charge in [-0.25, -0.2) is 4.98 Å². The molecule has 0 bridgehead atoms. The third-order valence-corrected chi connectivity index (χ3v) is 7.03. The standard InChI is InChI=1S/C27H32N4O3S/c1-2-34-26(33)23-13-16-30(17-14-23)25(32)15-18-31(20-22-11-7-4-8-12-22)27-28-24(29-35-27)19-21-9-5-3-6-10-21/h3-12,23H,2,13-20H2,1H3. The van der Waals surface area contributed by atoms with Crippen LogP contribution in [-0.4, -0.2) is 52.4 Å². The van der Waals surface area contributed by atoms with E-state index in [1.165, 1.54) is 17.1 Å². The van der Waals surface area contributed by atoms with Crippen molar-refractivity contribution in [2.24, 2.45) is 5.92 Å². The van der Waals surface area contributed by atoms with Crippen LogP contribution in [0.25, 0.3) is 0 Å². The second-order valence-electron chi connectivity index (χ2n) is 8.72. The normalized spacial score (nSPS) is 14.0. The minimum Gasteiger partial charge on any atom is -0.466 e. The summed E-state index contributed by atoms with van der Waals surface area (Å²) in [5.74, 6) is 0.662. The van der Waals surface area contributed by atoms with E-state index < -0.39 is 0 Å². The summed E-state index contributed by atoms with van der Waals surface area (Å²) in [6, 6.07) is 20.4. The molecule has 1 amide bonds. The number of hydrogen-bond donors (Lipinski definition) is 0. The Balaban J connectivity index is 1.38. The highest BCUT2D eigenvalue weighted by Crippen LogP contribution is 2.23. The molecule has 0 saturated carbocycles. The van der Waals surface area contributed by atoms with Gasteiger partial charge in [0.05, 0.1) is 12.5 Å². The van der Waals surface area contributed by atoms with E-state index in [4.69, 9.17) is 9.72 Å². The molecule has 0 aliphatic carbocycles. The van der Waals surface area contributed by atoms with Crippen molar-refractivity contribution in [1.29, 1.82) is 0 Å². The number of piperidine rings is 1. The fourth-order valence-electron chi connectivity index (χ4n) is 4.28. The molecule has 0 radical (unpaired) electrons. The van der Waals surface area contributed by atoms with Crippen LogP contribution in [0.4, 0.5) is 5.13 Å². The monoisotopic (exact) mass is 492 g/mol. The molecule has 2 heterocycles. The smallest absolute Gasteiger partial charge is 0.309 e. The average Bonchev–Trinajstić information content (AvgIpc) is 3.36. The molecule has 0 unspecified atom stereocenters. The van der Waals surface area contributed by atoms with Gasteiger partial charge in [-0.3, -0.25) is 9.59 Å². The Morgan fingerprint density at radius 1 is 1.03 bits per heavy atom. The summed E-state index contributed by atoms with van der Waals surface area (Å²) in [7, 11) is 0. The topological polar surface area (TPSA) is 75.6 Å². The summed E-state index contributed by atoms with van der Waals surface area (Å²) in [4.78, 5) is 33.8. The molecule has 2 aromatic carbocycles. The molecule has 1 aliphatic heterocycles. The second-order valence-corrected chi connectivity index (χ2v) is 9.45. The van der Waals surface area contributed by atoms with Gasteiger partial charge in [-0.15, -0.1) is 0 Å². The maximum Gasteiger partial charge on any atom is 0.309 e. The number of hydrogen-bond acceptors (Lipinski definition) is 7. The summed E-state index contributed by atoms with van der Waals surface area (Å²) in [6.45, 7) is 4.64. The first kappa shape index (κ1) is 24.9. The largest absolute Gasteiger partial charge is 0.466 e. The van der Waals surface area contributed by atoms with E-state index in [1.54, 1.807) is 0 Å². The molecule has 184 valence electrons. The molecule has 7 nitrogen and oxygen atoms in total. The zero-order chi connectivity index (χ0) is 24.5. The zero-order valence-electron chi connectivity index (χ0n) is 20.1. The van der Waals surface area contributed by atoms with Crippen molar-refractivity contribution in [3.8, 4) is 0 Å². The van der Waals surface area contributed by atoms with Crippen LogP contribution < -0.4 is 4.90 Å². The molecular formula is C27H32N4O3S. The van der Waals surface area contributed by atoms with Gasteiger partial charge in [-0.1, -0.05) is 60.7 Å². The van der Waals surface area contributed by atoms with Gasteiger partial charge < -0.3 is 14.5 Å². The number of carbonyl (C=O) groups is 2. The van der Waals surface area contributed by atoms with E-state index in [1.807, 2.05) is 48.2 Å². The molecule has 35 heavy (non-hydrogen) atoms. The third-order valence-electron chi connectivity index (χ3n) is 6.21. The Morgan fingerprint density at radius 2 is 1.69 bits per heavy atom. The maximum atomic E-state index is 13.0. The summed E-state index contributed by atoms with van der Waals surface area (Å²) >= 11 is 1.38. The van der Waals surface area contributed by atoms with Crippen molar-refractivity contribution in [2.75, 3.05) is 31.1 Å². The molecule has 8 heteroatoms. The molecule has 1 saturated heterocycles. The van der Waals surface area contributed by atoms with Crippen molar-refractivity contribution >= 4 is 28.5 Å². The zero-order valence-corrected chi connectivity index (χ0v) is 21.0. The predicted octanol–water partition coefficient (Wildman–Crippen LogP) is 4.33. The van der Waals surface area contributed by atoms with Crippen LogP contribution in [0.5, 0.6) is 0 Å². The predicted molar refractivity (Wildman–Crippen MR) is 137 cm³/mol. The quantitative estimate of drug-likeness (QED) is 0.392. The maximum absolute atomic E-state index is 13.0. The molecule has 0 spiro atoms. The molecule has 1 aliphatic rings. The minimum absolute atomic E-state index is 0.0991. The Labute approximate surface area is 210 Å². The highest BCUT2D eigenvalue weighted by molar-refractivity contribution is 7.09. The number of benzene rings is 2. The number of ether oxygens (including phenoxy) is 1. The Hall–Kier alpha value is -3.26. The van der Waals surface area contributed by atoms with E-state index >= 15 is 0 Å². The fourth-order valence-corrected chi connectivity index (χ4v) is 4.99. The van der Waals surface area contributed by atoms with Crippen LogP contribution in [0.1, 0.15) is 43.1 Å². The number of likely N-dealkylation sites (tertiary alicyclic amines) is 1. The lowest BCUT2D eigenvalue weighted by Gasteiger charge is -2.31. The molecule has 1 fully saturated rings. The highest BCUT2D eigenvalue weighted by Gasteiger charge is 2.28. The number of aromatic nitrogens is 2. The van der Waals surface area contributed by atoms with Gasteiger partial charge in [0.2, 0.25) is 11.0 Å². The Morgan fingerprint density at radius 3 is 2.34 bits per heavy atom. The van der Waals surface area contributed by atoms with Gasteiger partial charge in [0.1, 0.15) is 5.82 Å². The van der Waals surface area contributed by atoms with Gasteiger partial charge in [-0.05, 0) is 30.9 Å². The summed E-state index contributed by atoms with van der Waals surface area (Å²) in [6.07, 6.45) is 2.41. The summed E-state index contributed by atoms with van der Waals surface area (Å²) < 4.78 is 9.72. The van der Waals surface area contributed by atoms with E-state index in [9.17, 15) is 9.59 Å². The number of rotatable bonds is 10.